The van der Waals surface area contributed by atoms with Crippen LogP contribution < -0.4 is 10.6 Å². The van der Waals surface area contributed by atoms with Crippen LogP contribution in [0.15, 0.2) is 86.8 Å². The Morgan fingerprint density at radius 3 is 0.794 bits per heavy atom. The Morgan fingerprint density at radius 2 is 0.588 bits per heavy atom. The molecule has 14 aliphatic heterocycles. The summed E-state index contributed by atoms with van der Waals surface area (Å²) in [6.45, 7) is 102. The van der Waals surface area contributed by atoms with E-state index in [4.69, 9.17) is 22.2 Å². The molecule has 14 aliphatic rings. The molecule has 14 fully saturated rings. The number of rotatable bonds is 39. The summed E-state index contributed by atoms with van der Waals surface area (Å²) in [5.41, 5.74) is 0. The number of likely N-dealkylation sites (tertiary alicyclic amines) is 6. The van der Waals surface area contributed by atoms with Gasteiger partial charge in [-0.1, -0.05) is 101 Å². The molecule has 0 saturated carbocycles. The van der Waals surface area contributed by atoms with Crippen molar-refractivity contribution in [2.24, 2.45) is 82.9 Å². The van der Waals surface area contributed by atoms with Crippen LogP contribution >= 0.6 is 38.3 Å². The van der Waals surface area contributed by atoms with E-state index in [9.17, 15) is 0 Å². The monoisotopic (exact) mass is 2210 g/mol. The van der Waals surface area contributed by atoms with E-state index in [1.165, 1.54) is 231 Å². The van der Waals surface area contributed by atoms with Crippen molar-refractivity contribution in [3.05, 3.63) is 86.8 Å². The fraction of sp³-hybridized carbons (Fsp3) is 0.861. The van der Waals surface area contributed by atoms with Crippen molar-refractivity contribution in [1.82, 2.24) is 109 Å². The average Bonchev–Trinajstić information content (AvgIpc) is 1.68. The predicted molar refractivity (Wildman–Crippen MR) is 604 cm³/mol. The third kappa shape index (κ3) is 47.1. The topological polar surface area (TPSA) is 146 Å². The van der Waals surface area contributed by atoms with Crippen LogP contribution in [0.3, 0.4) is 0 Å². The second-order valence-corrected chi connectivity index (χ2v) is 45.3. The van der Waals surface area contributed by atoms with Crippen LogP contribution in [0.5, 0.6) is 0 Å². The second-order valence-electron chi connectivity index (χ2n) is 43.4. The van der Waals surface area contributed by atoms with E-state index in [1.54, 1.807) is 0 Å². The van der Waals surface area contributed by atoms with E-state index in [0.29, 0.717) is 29.6 Å². The number of aliphatic hydroxyl groups is 1. The van der Waals surface area contributed by atoms with Gasteiger partial charge in [-0.05, 0) is 231 Å². The van der Waals surface area contributed by atoms with E-state index >= 15 is 0 Å². The molecule has 14 rings (SSSR count). The molecule has 0 aliphatic carbocycles. The number of nitrogens with one attached hydrogen (secondary N) is 2. The second kappa shape index (κ2) is 70.1. The first kappa shape index (κ1) is 129. The van der Waals surface area contributed by atoms with Gasteiger partial charge in [0.05, 0.1) is 60.6 Å². The van der Waals surface area contributed by atoms with E-state index in [0.717, 1.165) is 241 Å². The zero-order chi connectivity index (χ0) is 96.5. The molecule has 3 N–H and O–H groups in total. The Labute approximate surface area is 894 Å². The van der Waals surface area contributed by atoms with Crippen molar-refractivity contribution in [3.63, 3.8) is 0 Å². The van der Waals surface area contributed by atoms with Crippen LogP contribution in [0.1, 0.15) is 120 Å². The Balaban J connectivity index is 0.000000402. The first-order chi connectivity index (χ1) is 63.1. The van der Waals surface area contributed by atoms with E-state index < -0.39 is 0 Å². The molecular weight excluding hydrogens is 2000 g/mol. The van der Waals surface area contributed by atoms with Crippen LogP contribution in [0.4, 0.5) is 0 Å². The average molecular weight is 2220 g/mol. The molecule has 0 aromatic rings. The summed E-state index contributed by atoms with van der Waals surface area (Å²) in [4.78, 5) is 48.6. The van der Waals surface area contributed by atoms with Gasteiger partial charge in [-0.3, -0.25) is 0 Å². The molecule has 18 unspecified atom stereocenters. The summed E-state index contributed by atoms with van der Waals surface area (Å²) >= 11 is 0.977. The molecular formula is C101H210Ga4N22O5P4. The van der Waals surface area contributed by atoms with Gasteiger partial charge in [0, 0.05) is 258 Å². The fourth-order valence-corrected chi connectivity index (χ4v) is 23.4. The van der Waals surface area contributed by atoms with Gasteiger partial charge in [0.2, 0.25) is 0 Å². The molecule has 0 aromatic carbocycles. The zero-order valence-electron chi connectivity index (χ0n) is 91.3. The Bertz CT molecular complexity index is 3180. The van der Waals surface area contributed by atoms with Crippen molar-refractivity contribution in [2.45, 2.75) is 120 Å². The Kier molecular flexibility index (Phi) is 66.6. The SMILES string of the molecule is C=C1N(CC(C)CC)CCN1CC1CCN(C)C1.C=C1N(CC(C)CN(C)C)CCN1CC1CCN(C)C1.C=C1N(CC(C)CO)CCN1CC1CCN(C)C1.C=C1N(CC(C)COP)CCN1CC1CCN(C)C1.C=C1N(CC(C)COP)CCN1CC1CCN(C)C1.C=C1N(CC(C)COP)CCN1CC1CCNC1.C=C1NCCN1CC1CCN(C)C1.CCC(C)C[O][GaH].P.[GaH2].[GaH2].[GaH2]. The Hall–Kier alpha value is -0.875. The molecule has 14 heterocycles. The summed E-state index contributed by atoms with van der Waals surface area (Å²) < 4.78 is 20.4. The van der Waals surface area contributed by atoms with E-state index in [-0.39, 0.29) is 75.9 Å². The third-order valence-corrected chi connectivity index (χ3v) is 30.9. The number of hydrogen-bond acceptors (Lipinski definition) is 27. The minimum absolute atomic E-state index is 0. The van der Waals surface area contributed by atoms with Crippen molar-refractivity contribution in [3.8, 4) is 0 Å². The van der Waals surface area contributed by atoms with Crippen molar-refractivity contribution >= 4 is 117 Å². The molecule has 14 saturated heterocycles. The first-order valence-corrected chi connectivity index (χ1v) is 54.4. The molecule has 0 aromatic heterocycles. The quantitative estimate of drug-likeness (QED) is 0.0454. The molecule has 136 heavy (non-hydrogen) atoms. The van der Waals surface area contributed by atoms with E-state index in [1.807, 2.05) is 0 Å². The predicted octanol–water partition coefficient (Wildman–Crippen LogP) is 6.51. The molecule has 0 spiro atoms. The van der Waals surface area contributed by atoms with Crippen LogP contribution in [0.2, 0.25) is 0 Å². The van der Waals surface area contributed by atoms with Crippen LogP contribution in [0, 0.1) is 82.9 Å². The van der Waals surface area contributed by atoms with Gasteiger partial charge in [0.15, 0.2) is 0 Å². The summed E-state index contributed by atoms with van der Waals surface area (Å²) in [5.74, 6) is 18.4. The normalized spacial score (nSPS) is 25.5. The summed E-state index contributed by atoms with van der Waals surface area (Å²) in [5, 5.41) is 15.8. The van der Waals surface area contributed by atoms with Crippen molar-refractivity contribution in [2.75, 3.05) is 364 Å². The zero-order valence-corrected chi connectivity index (χ0v) is 112. The van der Waals surface area contributed by atoms with Gasteiger partial charge in [-0.25, -0.2) is 0 Å². The van der Waals surface area contributed by atoms with Gasteiger partial charge in [0.1, 0.15) is 0 Å². The molecule has 27 nitrogen and oxygen atoms in total. The first-order valence-electron chi connectivity index (χ1n) is 51.8. The molecule has 18 atom stereocenters. The van der Waals surface area contributed by atoms with Crippen molar-refractivity contribution in [1.29, 1.82) is 0 Å². The Morgan fingerprint density at radius 1 is 0.338 bits per heavy atom. The van der Waals surface area contributed by atoms with Gasteiger partial charge in [-0.15, -0.1) is 0 Å². The summed E-state index contributed by atoms with van der Waals surface area (Å²) in [6, 6.07) is 0. The van der Waals surface area contributed by atoms with Gasteiger partial charge in [0.25, 0.3) is 0 Å². The van der Waals surface area contributed by atoms with Crippen LogP contribution in [-0.4, -0.2) is 546 Å². The number of nitrogens with zero attached hydrogens (tertiary/aromatic N) is 20. The maximum atomic E-state index is 9.13. The standard InChI is InChI=1S/C16H32N4.C15H29N3.2C14H28N3OP.C14H27N3O.C13H26N3OP.C10H19N3.C5H11O.4Ga.H3P.7H/c1-14(10-17(3)4)11-19-8-9-20(15(19)2)13-16-6-7-18(5)12-16;1-5-13(2)10-17-8-9-18(14(17)3)12-15-6-7-16(4)11-15;2*1-12(11-18-19)8-16-6-7-17(13(16)2)10-14-4-5-15(3)9-14;1-12(11-18)8-16-6-7-17(13(16)2)10-14-4-5-15(3)9-14;1-11(10-17-18)8-15-5-6-16(12(15)2)9-13-3-4-14-7-13;1-9-11-4-6-13(9)8-10-3-5-12(2)7-10;1-3-5(2)4-6;;;;;;;;;;;;/h14,16H,2,6-13H2,1,3-5H3;13,15H,3,5-12H2,1-2,4H3;2*12,14H,2,4-11,19H2,1,3H3;12,14,18H,2,4-11H2,1,3H3;11,13-14H,2-10,18H2,1H3;10-11H,1,3-8H2,2H3;5H,3-4H2,1-2H3;;;;;1H3;;;;;;;/q;;;;;;;-1;;;;+1;;;;;;;;. The van der Waals surface area contributed by atoms with Crippen LogP contribution in [-0.2, 0) is 17.1 Å². The van der Waals surface area contributed by atoms with Crippen molar-refractivity contribution < 1.29 is 22.2 Å². The molecule has 35 heteroatoms. The molecule has 4 radical (unpaired) electrons. The third-order valence-electron chi connectivity index (χ3n) is 29.9. The van der Waals surface area contributed by atoms with Gasteiger partial charge in [-0.2, -0.15) is 9.90 Å². The molecule has 0 bridgehead atoms. The van der Waals surface area contributed by atoms with Gasteiger partial charge < -0.3 is 127 Å². The minimum atomic E-state index is 0. The van der Waals surface area contributed by atoms with Gasteiger partial charge >= 0.3 is 115 Å². The summed E-state index contributed by atoms with van der Waals surface area (Å²) in [7, 11) is 24.6. The number of hydrogen-bond donors (Lipinski definition) is 3. The van der Waals surface area contributed by atoms with Crippen LogP contribution in [0.25, 0.3) is 0 Å². The maximum absolute atomic E-state index is 9.13. The fourth-order valence-electron chi connectivity index (χ4n) is 21.5. The van der Waals surface area contributed by atoms with E-state index in [2.05, 4.69) is 302 Å². The molecule has 786 valence electrons. The summed E-state index contributed by atoms with van der Waals surface area (Å²) in [6.07, 6.45) is 11.8. The molecule has 0 amide bonds. The number of aliphatic hydroxyl groups excluding tert-OH is 1.